The first-order valence-electron chi connectivity index (χ1n) is 9.76. The summed E-state index contributed by atoms with van der Waals surface area (Å²) >= 11 is 0. The molecule has 0 fully saturated rings. The number of carbonyl (C=O) groups is 1. The van der Waals surface area contributed by atoms with Gasteiger partial charge in [-0.3, -0.25) is 4.79 Å². The molecule has 4 heteroatoms. The van der Waals surface area contributed by atoms with Crippen LogP contribution in [0.3, 0.4) is 0 Å². The van der Waals surface area contributed by atoms with Crippen LogP contribution in [0.2, 0.25) is 0 Å². The lowest BCUT2D eigenvalue weighted by Crippen LogP contribution is -2.35. The number of ether oxygens (including phenoxy) is 2. The van der Waals surface area contributed by atoms with E-state index in [1.54, 1.807) is 0 Å². The van der Waals surface area contributed by atoms with Crippen LogP contribution in [0.15, 0.2) is 12.2 Å². The minimum Gasteiger partial charge on any atom is -0.463 e. The molecule has 0 bridgehead atoms. The van der Waals surface area contributed by atoms with Gasteiger partial charge in [0.2, 0.25) is 0 Å². The molecule has 0 aromatic rings. The minimum absolute atomic E-state index is 0.0404. The van der Waals surface area contributed by atoms with Gasteiger partial charge in [-0.15, -0.1) is 0 Å². The second kappa shape index (κ2) is 11.7. The van der Waals surface area contributed by atoms with Gasteiger partial charge >= 0.3 is 5.97 Å². The lowest BCUT2D eigenvalue weighted by Gasteiger charge is -2.42. The third-order valence-electron chi connectivity index (χ3n) is 5.97. The lowest BCUT2D eigenvalue weighted by atomic mass is 9.63. The molecule has 4 nitrogen and oxygen atoms in total. The number of rotatable bonds is 14. The van der Waals surface area contributed by atoms with Crippen LogP contribution in [0.5, 0.6) is 0 Å². The minimum atomic E-state index is -0.126. The molecule has 2 N–H and O–H groups in total. The Balaban J connectivity index is 4.60. The van der Waals surface area contributed by atoms with Gasteiger partial charge in [0.25, 0.3) is 0 Å². The summed E-state index contributed by atoms with van der Waals surface area (Å²) in [5, 5.41) is 0. The van der Waals surface area contributed by atoms with E-state index in [4.69, 9.17) is 15.2 Å². The highest BCUT2D eigenvalue weighted by atomic mass is 16.6. The second-order valence-corrected chi connectivity index (χ2v) is 8.06. The van der Waals surface area contributed by atoms with Gasteiger partial charge in [0.1, 0.15) is 6.61 Å². The van der Waals surface area contributed by atoms with Gasteiger partial charge in [0.05, 0.1) is 19.6 Å². The van der Waals surface area contributed by atoms with Crippen molar-refractivity contribution in [3.63, 3.8) is 0 Å². The molecule has 0 aromatic carbocycles. The van der Waals surface area contributed by atoms with E-state index in [0.29, 0.717) is 32.1 Å². The van der Waals surface area contributed by atoms with E-state index in [2.05, 4.69) is 48.1 Å². The van der Waals surface area contributed by atoms with Gasteiger partial charge < -0.3 is 15.2 Å². The summed E-state index contributed by atoms with van der Waals surface area (Å²) in [4.78, 5) is 12.4. The summed E-state index contributed by atoms with van der Waals surface area (Å²) in [6.45, 7) is 18.8. The molecule has 0 unspecified atom stereocenters. The number of esters is 1. The molecular formula is C21H41NO3. The van der Waals surface area contributed by atoms with Gasteiger partial charge in [-0.25, -0.2) is 0 Å². The fraction of sp³-hybridized carbons (Fsp3) is 0.857. The molecule has 0 radical (unpaired) electrons. The van der Waals surface area contributed by atoms with Crippen LogP contribution < -0.4 is 5.73 Å². The van der Waals surface area contributed by atoms with E-state index >= 15 is 0 Å². The normalized spacial score (nSPS) is 15.5. The number of nitrogens with two attached hydrogens (primary N) is 1. The Morgan fingerprint density at radius 2 is 1.76 bits per heavy atom. The fourth-order valence-electron chi connectivity index (χ4n) is 3.25. The third-order valence-corrected chi connectivity index (χ3v) is 5.97. The maximum Gasteiger partial charge on any atom is 0.306 e. The molecule has 0 aliphatic rings. The van der Waals surface area contributed by atoms with E-state index in [0.717, 1.165) is 31.3 Å². The van der Waals surface area contributed by atoms with Gasteiger partial charge in [-0.1, -0.05) is 67.4 Å². The Morgan fingerprint density at radius 1 is 1.16 bits per heavy atom. The van der Waals surface area contributed by atoms with Crippen LogP contribution >= 0.6 is 0 Å². The van der Waals surface area contributed by atoms with Gasteiger partial charge in [0, 0.05) is 6.54 Å². The molecular weight excluding hydrogens is 314 g/mol. The summed E-state index contributed by atoms with van der Waals surface area (Å²) < 4.78 is 10.8. The predicted molar refractivity (Wildman–Crippen MR) is 105 cm³/mol. The largest absolute Gasteiger partial charge is 0.463 e. The van der Waals surface area contributed by atoms with Crippen molar-refractivity contribution in [3.05, 3.63) is 12.2 Å². The van der Waals surface area contributed by atoms with Crippen LogP contribution in [-0.4, -0.2) is 32.3 Å². The molecule has 0 aliphatic carbocycles. The molecule has 0 rings (SSSR count). The maximum absolute atomic E-state index is 12.4. The van der Waals surface area contributed by atoms with E-state index < -0.39 is 0 Å². The van der Waals surface area contributed by atoms with Crippen molar-refractivity contribution >= 4 is 5.97 Å². The van der Waals surface area contributed by atoms with Crippen molar-refractivity contribution in [1.29, 1.82) is 0 Å². The molecule has 0 heterocycles. The number of hydrogen-bond acceptors (Lipinski definition) is 4. The van der Waals surface area contributed by atoms with Crippen LogP contribution in [0.25, 0.3) is 0 Å². The lowest BCUT2D eigenvalue weighted by molar-refractivity contribution is -0.149. The second-order valence-electron chi connectivity index (χ2n) is 8.06. The quantitative estimate of drug-likeness (QED) is 0.278. The topological polar surface area (TPSA) is 61.6 Å². The molecule has 25 heavy (non-hydrogen) atoms. The molecule has 0 amide bonds. The van der Waals surface area contributed by atoms with E-state index in [9.17, 15) is 4.79 Å². The molecule has 148 valence electrons. The van der Waals surface area contributed by atoms with Crippen LogP contribution in [0.4, 0.5) is 0 Å². The highest BCUT2D eigenvalue weighted by molar-refractivity contribution is 5.70. The molecule has 2 atom stereocenters. The third kappa shape index (κ3) is 8.87. The summed E-state index contributed by atoms with van der Waals surface area (Å²) in [5.74, 6) is 0.347. The summed E-state index contributed by atoms with van der Waals surface area (Å²) in [7, 11) is 0. The Bertz CT molecular complexity index is 404. The van der Waals surface area contributed by atoms with Gasteiger partial charge in [0.15, 0.2) is 0 Å². The van der Waals surface area contributed by atoms with Crippen LogP contribution in [0, 0.1) is 16.7 Å². The van der Waals surface area contributed by atoms with Crippen LogP contribution in [-0.2, 0) is 14.3 Å². The van der Waals surface area contributed by atoms with Crippen molar-refractivity contribution in [2.45, 2.75) is 73.6 Å². The predicted octanol–water partition coefficient (Wildman–Crippen LogP) is 4.72. The average Bonchev–Trinajstić information content (AvgIpc) is 2.59. The average molecular weight is 356 g/mol. The molecule has 0 spiro atoms. The first-order valence-corrected chi connectivity index (χ1v) is 9.76. The van der Waals surface area contributed by atoms with Crippen molar-refractivity contribution < 1.29 is 14.3 Å². The molecule has 0 saturated carbocycles. The molecule has 0 saturated heterocycles. The zero-order valence-corrected chi connectivity index (χ0v) is 17.5. The summed E-state index contributed by atoms with van der Waals surface area (Å²) in [6, 6.07) is 0. The smallest absolute Gasteiger partial charge is 0.306 e. The van der Waals surface area contributed by atoms with Crippen molar-refractivity contribution in [1.82, 2.24) is 0 Å². The molecule has 0 aliphatic heterocycles. The first-order chi connectivity index (χ1) is 11.7. The SMILES string of the molecule is C=C(CN)COCCOC(=O)C[C@@](C)(CC(C)(CC)CC)[C@@H](C)CC. The van der Waals surface area contributed by atoms with Crippen molar-refractivity contribution in [3.8, 4) is 0 Å². The maximum atomic E-state index is 12.4. The first kappa shape index (κ1) is 24.1. The summed E-state index contributed by atoms with van der Waals surface area (Å²) in [5.41, 5.74) is 6.52. The fourth-order valence-corrected chi connectivity index (χ4v) is 3.25. The van der Waals surface area contributed by atoms with Crippen LogP contribution in [0.1, 0.15) is 73.6 Å². The Morgan fingerprint density at radius 3 is 2.24 bits per heavy atom. The van der Waals surface area contributed by atoms with E-state index in [1.807, 2.05) is 0 Å². The van der Waals surface area contributed by atoms with Gasteiger partial charge in [-0.2, -0.15) is 0 Å². The molecule has 0 aromatic heterocycles. The highest BCUT2D eigenvalue weighted by Gasteiger charge is 2.38. The van der Waals surface area contributed by atoms with E-state index in [-0.39, 0.29) is 23.4 Å². The summed E-state index contributed by atoms with van der Waals surface area (Å²) in [6.07, 6.45) is 4.83. The Labute approximate surface area is 155 Å². The monoisotopic (exact) mass is 355 g/mol. The van der Waals surface area contributed by atoms with E-state index in [1.165, 1.54) is 0 Å². The van der Waals surface area contributed by atoms with Crippen molar-refractivity contribution in [2.75, 3.05) is 26.4 Å². The van der Waals surface area contributed by atoms with Gasteiger partial charge in [-0.05, 0) is 28.7 Å². The number of hydrogen-bond donors (Lipinski definition) is 1. The zero-order valence-electron chi connectivity index (χ0n) is 17.5. The Kier molecular flexibility index (Phi) is 11.3. The Hall–Kier alpha value is -0.870. The zero-order chi connectivity index (χ0) is 19.5. The number of carbonyl (C=O) groups excluding carboxylic acids is 1. The highest BCUT2D eigenvalue weighted by Crippen LogP contribution is 2.46. The standard InChI is InChI=1S/C21H41NO3/c1-8-18(5)21(7,16-20(6,9-2)10-3)13-19(23)25-12-11-24-15-17(4)14-22/h18H,4,8-16,22H2,1-3,5-7H3/t18-,21-/m0/s1. The van der Waals surface area contributed by atoms with Crippen molar-refractivity contribution in [2.24, 2.45) is 22.5 Å².